The van der Waals surface area contributed by atoms with Crippen LogP contribution in [-0.4, -0.2) is 24.2 Å². The summed E-state index contributed by atoms with van der Waals surface area (Å²) >= 11 is 0. The molecule has 1 aromatic carbocycles. The first-order valence-corrected chi connectivity index (χ1v) is 6.39. The minimum Gasteiger partial charge on any atom is -0.378 e. The molecule has 16 heavy (non-hydrogen) atoms. The topological polar surface area (TPSA) is 12.5 Å². The summed E-state index contributed by atoms with van der Waals surface area (Å²) in [6, 6.07) is 11.1. The maximum absolute atomic E-state index is 5.37. The fraction of sp³-hybridized carbons (Fsp3) is 0.571. The van der Waals surface area contributed by atoms with Crippen molar-refractivity contribution in [3.8, 4) is 0 Å². The summed E-state index contributed by atoms with van der Waals surface area (Å²) < 4.78 is 5.37. The second-order valence-corrected chi connectivity index (χ2v) is 5.23. The van der Waals surface area contributed by atoms with Crippen LogP contribution in [0.5, 0.6) is 0 Å². The van der Waals surface area contributed by atoms with Crippen LogP contribution >= 0.6 is 0 Å². The minimum absolute atomic E-state index is 0.683. The number of ether oxygens (including phenoxy) is 1. The molecule has 2 atom stereocenters. The van der Waals surface area contributed by atoms with Crippen LogP contribution in [0.4, 0.5) is 0 Å². The zero-order valence-electron chi connectivity index (χ0n) is 9.43. The molecule has 2 saturated heterocycles. The van der Waals surface area contributed by atoms with E-state index in [1.54, 1.807) is 11.1 Å². The highest BCUT2D eigenvalue weighted by Crippen LogP contribution is 2.52. The third kappa shape index (κ3) is 1.09. The van der Waals surface area contributed by atoms with Gasteiger partial charge in [-0.2, -0.15) is 0 Å². The predicted molar refractivity (Wildman–Crippen MR) is 62.2 cm³/mol. The van der Waals surface area contributed by atoms with E-state index in [0.717, 1.165) is 13.2 Å². The fourth-order valence-corrected chi connectivity index (χ4v) is 3.67. The Kier molecular flexibility index (Phi) is 1.91. The molecule has 4 rings (SSSR count). The highest BCUT2D eigenvalue weighted by atomic mass is 16.5. The highest BCUT2D eigenvalue weighted by Gasteiger charge is 2.45. The summed E-state index contributed by atoms with van der Waals surface area (Å²) in [5.74, 6) is 0. The largest absolute Gasteiger partial charge is 0.378 e. The fourth-order valence-electron chi connectivity index (χ4n) is 3.67. The summed E-state index contributed by atoms with van der Waals surface area (Å²) in [7, 11) is 0. The molecule has 0 saturated carbocycles. The lowest BCUT2D eigenvalue weighted by atomic mass is 9.97. The van der Waals surface area contributed by atoms with Crippen LogP contribution in [-0.2, 0) is 4.74 Å². The highest BCUT2D eigenvalue weighted by molar-refractivity contribution is 5.39. The molecule has 0 aromatic heterocycles. The molecular formula is C14H17NO. The van der Waals surface area contributed by atoms with Crippen molar-refractivity contribution in [2.24, 2.45) is 0 Å². The first kappa shape index (κ1) is 9.20. The molecule has 0 aliphatic carbocycles. The van der Waals surface area contributed by atoms with Gasteiger partial charge in [-0.15, -0.1) is 0 Å². The molecule has 0 spiro atoms. The molecular weight excluding hydrogens is 198 g/mol. The van der Waals surface area contributed by atoms with Crippen molar-refractivity contribution < 1.29 is 4.74 Å². The van der Waals surface area contributed by atoms with Crippen LogP contribution < -0.4 is 0 Å². The molecule has 3 aliphatic heterocycles. The van der Waals surface area contributed by atoms with E-state index < -0.39 is 0 Å². The normalized spacial score (nSPS) is 33.5. The lowest BCUT2D eigenvalue weighted by Crippen LogP contribution is -2.50. The summed E-state index contributed by atoms with van der Waals surface area (Å²) in [6.45, 7) is 1.89. The van der Waals surface area contributed by atoms with Gasteiger partial charge in [0.05, 0.1) is 19.3 Å². The summed E-state index contributed by atoms with van der Waals surface area (Å²) in [5.41, 5.74) is 3.19. The van der Waals surface area contributed by atoms with E-state index in [1.165, 1.54) is 19.3 Å². The molecule has 3 aliphatic rings. The Balaban J connectivity index is 1.78. The zero-order chi connectivity index (χ0) is 10.5. The van der Waals surface area contributed by atoms with E-state index in [9.17, 15) is 0 Å². The zero-order valence-corrected chi connectivity index (χ0v) is 9.43. The number of piperidine rings is 1. The van der Waals surface area contributed by atoms with Crippen LogP contribution in [0.25, 0.3) is 0 Å². The third-order valence-corrected chi connectivity index (χ3v) is 4.43. The Morgan fingerprint density at radius 1 is 1.00 bits per heavy atom. The monoisotopic (exact) mass is 215 g/mol. The number of rotatable bonds is 1. The molecule has 3 heterocycles. The SMILES string of the molecule is c1ccc2c(c1)C1CCCC2N1C1COC1. The first-order chi connectivity index (χ1) is 7.95. The van der Waals surface area contributed by atoms with Gasteiger partial charge in [-0.3, -0.25) is 4.90 Å². The average molecular weight is 215 g/mol. The van der Waals surface area contributed by atoms with Crippen molar-refractivity contribution in [2.75, 3.05) is 13.2 Å². The Morgan fingerprint density at radius 3 is 2.12 bits per heavy atom. The molecule has 1 aromatic rings. The lowest BCUT2D eigenvalue weighted by molar-refractivity contribution is -0.101. The number of hydrogen-bond acceptors (Lipinski definition) is 2. The standard InChI is InChI=1S/C14H17NO/c1-2-5-12-11(4-1)13-6-3-7-14(12)15(13)10-8-16-9-10/h1-2,4-5,10,13-14H,3,6-9H2. The molecule has 0 radical (unpaired) electrons. The van der Waals surface area contributed by atoms with Crippen LogP contribution in [0.2, 0.25) is 0 Å². The number of benzene rings is 1. The number of nitrogens with zero attached hydrogens (tertiary/aromatic N) is 1. The van der Waals surface area contributed by atoms with Crippen molar-refractivity contribution in [3.05, 3.63) is 35.4 Å². The molecule has 2 unspecified atom stereocenters. The molecule has 2 nitrogen and oxygen atoms in total. The van der Waals surface area contributed by atoms with Gasteiger partial charge in [-0.05, 0) is 30.4 Å². The maximum Gasteiger partial charge on any atom is 0.0645 e. The van der Waals surface area contributed by atoms with Crippen molar-refractivity contribution in [1.29, 1.82) is 0 Å². The van der Waals surface area contributed by atoms with Gasteiger partial charge in [0.2, 0.25) is 0 Å². The molecule has 2 heteroatoms. The van der Waals surface area contributed by atoms with Gasteiger partial charge in [0.15, 0.2) is 0 Å². The Hall–Kier alpha value is -0.860. The van der Waals surface area contributed by atoms with E-state index in [-0.39, 0.29) is 0 Å². The van der Waals surface area contributed by atoms with E-state index in [4.69, 9.17) is 4.74 Å². The Labute approximate surface area is 96.2 Å². The van der Waals surface area contributed by atoms with Gasteiger partial charge in [0, 0.05) is 12.1 Å². The average Bonchev–Trinajstić information content (AvgIpc) is 2.44. The second kappa shape index (κ2) is 3.31. The summed E-state index contributed by atoms with van der Waals surface area (Å²) in [4.78, 5) is 2.73. The smallest absolute Gasteiger partial charge is 0.0645 e. The quantitative estimate of drug-likeness (QED) is 0.714. The summed E-state index contributed by atoms with van der Waals surface area (Å²) in [6.07, 6.45) is 4.06. The molecule has 2 fully saturated rings. The van der Waals surface area contributed by atoms with E-state index in [0.29, 0.717) is 18.1 Å². The molecule has 2 bridgehead atoms. The van der Waals surface area contributed by atoms with Gasteiger partial charge in [-0.1, -0.05) is 24.3 Å². The first-order valence-electron chi connectivity index (χ1n) is 6.39. The summed E-state index contributed by atoms with van der Waals surface area (Å²) in [5, 5.41) is 0. The number of hydrogen-bond donors (Lipinski definition) is 0. The lowest BCUT2D eigenvalue weighted by Gasteiger charge is -2.44. The number of fused-ring (bicyclic) bond motifs is 5. The van der Waals surface area contributed by atoms with Gasteiger partial charge in [-0.25, -0.2) is 0 Å². The van der Waals surface area contributed by atoms with Crippen molar-refractivity contribution in [3.63, 3.8) is 0 Å². The molecule has 84 valence electrons. The van der Waals surface area contributed by atoms with Crippen LogP contribution in [0.1, 0.15) is 42.5 Å². The van der Waals surface area contributed by atoms with E-state index in [2.05, 4.69) is 29.2 Å². The van der Waals surface area contributed by atoms with Crippen LogP contribution in [0, 0.1) is 0 Å². The van der Waals surface area contributed by atoms with E-state index >= 15 is 0 Å². The van der Waals surface area contributed by atoms with Crippen molar-refractivity contribution in [2.45, 2.75) is 37.4 Å². The Morgan fingerprint density at radius 2 is 1.62 bits per heavy atom. The third-order valence-electron chi connectivity index (χ3n) is 4.43. The van der Waals surface area contributed by atoms with Crippen molar-refractivity contribution in [1.82, 2.24) is 4.90 Å². The predicted octanol–water partition coefficient (Wildman–Crippen LogP) is 2.67. The maximum atomic E-state index is 5.37. The van der Waals surface area contributed by atoms with Gasteiger partial charge in [0.25, 0.3) is 0 Å². The molecule has 0 N–H and O–H groups in total. The second-order valence-electron chi connectivity index (χ2n) is 5.23. The van der Waals surface area contributed by atoms with Crippen LogP contribution in [0.15, 0.2) is 24.3 Å². The molecule has 0 amide bonds. The minimum atomic E-state index is 0.683. The van der Waals surface area contributed by atoms with Crippen LogP contribution in [0.3, 0.4) is 0 Å². The van der Waals surface area contributed by atoms with Gasteiger partial charge >= 0.3 is 0 Å². The van der Waals surface area contributed by atoms with Crippen molar-refractivity contribution >= 4 is 0 Å². The van der Waals surface area contributed by atoms with Gasteiger partial charge in [0.1, 0.15) is 0 Å². The Bertz CT molecular complexity index is 382. The van der Waals surface area contributed by atoms with E-state index in [1.807, 2.05) is 0 Å². The van der Waals surface area contributed by atoms with Gasteiger partial charge < -0.3 is 4.74 Å².